The maximum atomic E-state index is 3.59. The Morgan fingerprint density at radius 3 is 2.92 bits per heavy atom. The molecule has 1 aliphatic rings. The zero-order chi connectivity index (χ0) is 9.36. The van der Waals surface area contributed by atoms with Crippen molar-refractivity contribution in [3.8, 4) is 0 Å². The van der Waals surface area contributed by atoms with Crippen molar-refractivity contribution < 1.29 is 0 Å². The molecule has 0 bridgehead atoms. The minimum absolute atomic E-state index is 0.676. The summed E-state index contributed by atoms with van der Waals surface area (Å²) in [6, 6.07) is 0.676. The Labute approximate surface area is 82.6 Å². The summed E-state index contributed by atoms with van der Waals surface area (Å²) in [7, 11) is 0. The first-order valence-corrected chi connectivity index (χ1v) is 5.83. The zero-order valence-electron chi connectivity index (χ0n) is 8.89. The molecule has 1 N–H and O–H groups in total. The van der Waals surface area contributed by atoms with E-state index in [1.165, 1.54) is 51.5 Å². The maximum absolute atomic E-state index is 3.59. The maximum Gasteiger partial charge on any atom is 0.0250 e. The Morgan fingerprint density at radius 1 is 1.31 bits per heavy atom. The molecule has 0 aromatic heterocycles. The van der Waals surface area contributed by atoms with Crippen LogP contribution in [-0.4, -0.2) is 12.6 Å². The highest BCUT2D eigenvalue weighted by Crippen LogP contribution is 2.10. The van der Waals surface area contributed by atoms with Crippen LogP contribution in [0.4, 0.5) is 0 Å². The van der Waals surface area contributed by atoms with Crippen LogP contribution in [0.1, 0.15) is 51.9 Å². The van der Waals surface area contributed by atoms with E-state index < -0.39 is 0 Å². The average Bonchev–Trinajstić information content (AvgIpc) is 2.19. The van der Waals surface area contributed by atoms with E-state index in [2.05, 4.69) is 24.4 Å². The highest BCUT2D eigenvalue weighted by atomic mass is 14.9. The lowest BCUT2D eigenvalue weighted by Gasteiger charge is -2.17. The fourth-order valence-corrected chi connectivity index (χ4v) is 1.82. The smallest absolute Gasteiger partial charge is 0.0250 e. The molecule has 1 nitrogen and oxygen atoms in total. The van der Waals surface area contributed by atoms with Gasteiger partial charge in [-0.25, -0.2) is 0 Å². The highest BCUT2D eigenvalue weighted by Gasteiger charge is 2.05. The Hall–Kier alpha value is -0.300. The van der Waals surface area contributed by atoms with Crippen LogP contribution >= 0.6 is 0 Å². The van der Waals surface area contributed by atoms with Crippen LogP contribution in [0.25, 0.3) is 0 Å². The number of hydrogen-bond donors (Lipinski definition) is 1. The van der Waals surface area contributed by atoms with Gasteiger partial charge in [-0.3, -0.25) is 0 Å². The summed E-state index contributed by atoms with van der Waals surface area (Å²) in [5, 5.41) is 3.59. The van der Waals surface area contributed by atoms with Crippen LogP contribution in [0, 0.1) is 0 Å². The molecule has 13 heavy (non-hydrogen) atoms. The van der Waals surface area contributed by atoms with Crippen molar-refractivity contribution in [2.45, 2.75) is 57.9 Å². The first kappa shape index (κ1) is 10.8. The van der Waals surface area contributed by atoms with Crippen LogP contribution in [0.15, 0.2) is 12.2 Å². The van der Waals surface area contributed by atoms with Gasteiger partial charge in [-0.05, 0) is 32.2 Å². The molecule has 0 radical (unpaired) electrons. The third-order valence-corrected chi connectivity index (χ3v) is 2.69. The van der Waals surface area contributed by atoms with E-state index in [-0.39, 0.29) is 0 Å². The van der Waals surface area contributed by atoms with Gasteiger partial charge in [0.05, 0.1) is 0 Å². The Bertz CT molecular complexity index is 140. The first-order valence-electron chi connectivity index (χ1n) is 5.83. The molecule has 0 aromatic rings. The Balaban J connectivity index is 1.92. The summed E-state index contributed by atoms with van der Waals surface area (Å²) in [6.45, 7) is 3.46. The number of nitrogens with one attached hydrogen (secondary N) is 1. The lowest BCUT2D eigenvalue weighted by Crippen LogP contribution is -2.29. The third-order valence-electron chi connectivity index (χ3n) is 2.69. The number of unbranched alkanes of at least 4 members (excludes halogenated alkanes) is 3. The molecule has 76 valence electrons. The monoisotopic (exact) mass is 181 g/mol. The van der Waals surface area contributed by atoms with Crippen LogP contribution in [-0.2, 0) is 0 Å². The Kier molecular flexibility index (Phi) is 5.92. The van der Waals surface area contributed by atoms with Gasteiger partial charge in [0, 0.05) is 6.04 Å². The molecule has 1 aliphatic carbocycles. The van der Waals surface area contributed by atoms with Gasteiger partial charge in [0.1, 0.15) is 0 Å². The van der Waals surface area contributed by atoms with Crippen molar-refractivity contribution in [3.05, 3.63) is 12.2 Å². The van der Waals surface area contributed by atoms with Crippen LogP contribution in [0.5, 0.6) is 0 Å². The van der Waals surface area contributed by atoms with Gasteiger partial charge in [-0.15, -0.1) is 0 Å². The second kappa shape index (κ2) is 7.14. The van der Waals surface area contributed by atoms with Gasteiger partial charge in [-0.1, -0.05) is 38.3 Å². The van der Waals surface area contributed by atoms with Crippen LogP contribution in [0.2, 0.25) is 0 Å². The van der Waals surface area contributed by atoms with Crippen molar-refractivity contribution >= 4 is 0 Å². The lowest BCUT2D eigenvalue weighted by atomic mass is 10.0. The predicted octanol–water partition coefficient (Wildman–Crippen LogP) is 3.27. The van der Waals surface area contributed by atoms with Crippen molar-refractivity contribution in [1.29, 1.82) is 0 Å². The van der Waals surface area contributed by atoms with Crippen molar-refractivity contribution in [2.24, 2.45) is 0 Å². The lowest BCUT2D eigenvalue weighted by molar-refractivity contribution is 0.503. The molecule has 1 heteroatoms. The fraction of sp³-hybridized carbons (Fsp3) is 0.833. The summed E-state index contributed by atoms with van der Waals surface area (Å²) in [5.74, 6) is 0. The minimum atomic E-state index is 0.676. The summed E-state index contributed by atoms with van der Waals surface area (Å²) >= 11 is 0. The largest absolute Gasteiger partial charge is 0.311 e. The molecular weight excluding hydrogens is 158 g/mol. The first-order chi connectivity index (χ1) is 6.43. The van der Waals surface area contributed by atoms with E-state index in [4.69, 9.17) is 0 Å². The summed E-state index contributed by atoms with van der Waals surface area (Å²) in [4.78, 5) is 0. The predicted molar refractivity (Wildman–Crippen MR) is 58.9 cm³/mol. The van der Waals surface area contributed by atoms with Crippen LogP contribution < -0.4 is 5.32 Å². The number of hydrogen-bond acceptors (Lipinski definition) is 1. The second-order valence-corrected chi connectivity index (χ2v) is 3.98. The molecule has 0 fully saturated rings. The molecule has 0 saturated carbocycles. The summed E-state index contributed by atoms with van der Waals surface area (Å²) in [6.07, 6.45) is 14.1. The highest BCUT2D eigenvalue weighted by molar-refractivity contribution is 4.97. The van der Waals surface area contributed by atoms with E-state index in [0.29, 0.717) is 6.04 Å². The molecule has 0 aromatic carbocycles. The molecular formula is C12H23N. The fourth-order valence-electron chi connectivity index (χ4n) is 1.82. The minimum Gasteiger partial charge on any atom is -0.311 e. The van der Waals surface area contributed by atoms with Crippen molar-refractivity contribution in [1.82, 2.24) is 5.32 Å². The Morgan fingerprint density at radius 2 is 2.23 bits per heavy atom. The number of rotatable bonds is 6. The van der Waals surface area contributed by atoms with Gasteiger partial charge >= 0.3 is 0 Å². The quantitative estimate of drug-likeness (QED) is 0.490. The topological polar surface area (TPSA) is 12.0 Å². The molecule has 0 saturated heterocycles. The second-order valence-electron chi connectivity index (χ2n) is 3.98. The summed E-state index contributed by atoms with van der Waals surface area (Å²) in [5.41, 5.74) is 0. The van der Waals surface area contributed by atoms with E-state index in [9.17, 15) is 0 Å². The molecule has 0 aliphatic heterocycles. The third kappa shape index (κ3) is 5.09. The van der Waals surface area contributed by atoms with Crippen LogP contribution in [0.3, 0.4) is 0 Å². The zero-order valence-corrected chi connectivity index (χ0v) is 8.89. The molecule has 0 heterocycles. The molecule has 0 unspecified atom stereocenters. The molecule has 1 atom stereocenters. The normalized spacial score (nSPS) is 22.1. The molecule has 0 spiro atoms. The van der Waals surface area contributed by atoms with Gasteiger partial charge in [0.2, 0.25) is 0 Å². The van der Waals surface area contributed by atoms with Gasteiger partial charge in [0.15, 0.2) is 0 Å². The van der Waals surface area contributed by atoms with Gasteiger partial charge in [-0.2, -0.15) is 0 Å². The van der Waals surface area contributed by atoms with E-state index in [0.717, 1.165) is 0 Å². The van der Waals surface area contributed by atoms with E-state index in [1.807, 2.05) is 0 Å². The standard InChI is InChI=1S/C12H23N/c1-2-3-4-8-11-13-12-9-6-5-7-10-12/h6,9,12-13H,2-5,7-8,10-11H2,1H3/t12-/m0/s1. The number of allylic oxidation sites excluding steroid dienone is 1. The van der Waals surface area contributed by atoms with E-state index >= 15 is 0 Å². The average molecular weight is 181 g/mol. The van der Waals surface area contributed by atoms with Gasteiger partial charge < -0.3 is 5.32 Å². The SMILES string of the molecule is CCCCCCN[C@H]1C=CCCC1. The summed E-state index contributed by atoms with van der Waals surface area (Å²) < 4.78 is 0. The molecule has 1 rings (SSSR count). The van der Waals surface area contributed by atoms with Gasteiger partial charge in [0.25, 0.3) is 0 Å². The van der Waals surface area contributed by atoms with Crippen molar-refractivity contribution in [2.75, 3.05) is 6.54 Å². The van der Waals surface area contributed by atoms with Crippen molar-refractivity contribution in [3.63, 3.8) is 0 Å². The van der Waals surface area contributed by atoms with E-state index in [1.54, 1.807) is 0 Å². The molecule has 0 amide bonds.